The summed E-state index contributed by atoms with van der Waals surface area (Å²) >= 11 is 11.0. The molecular weight excluding hydrogens is 1010 g/mol. The minimum atomic E-state index is -2.16. The summed E-state index contributed by atoms with van der Waals surface area (Å²) in [5.74, 6) is 3.09. The summed E-state index contributed by atoms with van der Waals surface area (Å²) in [5.41, 5.74) is 9.99. The summed E-state index contributed by atoms with van der Waals surface area (Å²) in [7, 11) is -2.16. The zero-order valence-corrected chi connectivity index (χ0v) is 44.6. The second kappa shape index (κ2) is 28.3. The Labute approximate surface area is 419 Å². The molecule has 2 aromatic heterocycles. The van der Waals surface area contributed by atoms with Gasteiger partial charge in [-0.15, -0.1) is 31.7 Å². The van der Waals surface area contributed by atoms with Gasteiger partial charge in [0.2, 0.25) is 0 Å². The lowest BCUT2D eigenvalue weighted by Crippen LogP contribution is -2.16. The van der Waals surface area contributed by atoms with Crippen LogP contribution in [0.2, 0.25) is 0 Å². The standard InChI is InChI=1S/C54H66Br2N2O5PS2/c1-39(2)31-45-19-15-41(35-49(45)55)11-5-25-60-51-21-17-43(33-47(51)53-13-7-29-65-53)37-57-23-9-27-62-64(59)63-28-10-24-58-38-44-18-22-52(48(34-44)54-14-8-30-66-54)61-26-6-12-42-16-20-46(32-40(3)4)50(56)36-42/h7-8,13-22,29-30,33-36,39-40,57-58H,5-6,9-12,23-28,31-32,37-38H2,1-4H3/q+1. The lowest BCUT2D eigenvalue weighted by Gasteiger charge is -2.14. The van der Waals surface area contributed by atoms with Crippen LogP contribution < -0.4 is 20.1 Å². The maximum atomic E-state index is 12.4. The molecule has 0 spiro atoms. The number of benzene rings is 4. The Bertz CT molecular complexity index is 2210. The Hall–Kier alpha value is -3.22. The lowest BCUT2D eigenvalue weighted by molar-refractivity contribution is 0.220. The van der Waals surface area contributed by atoms with E-state index in [2.05, 4.69) is 178 Å². The van der Waals surface area contributed by atoms with E-state index in [0.717, 1.165) is 100 Å². The van der Waals surface area contributed by atoms with Gasteiger partial charge in [0, 0.05) is 47.5 Å². The fourth-order valence-corrected chi connectivity index (χ4v) is 11.0. The van der Waals surface area contributed by atoms with Crippen molar-refractivity contribution in [2.45, 2.75) is 92.2 Å². The monoisotopic (exact) mass is 1080 g/mol. The maximum absolute atomic E-state index is 12.4. The van der Waals surface area contributed by atoms with Gasteiger partial charge in [-0.2, -0.15) is 0 Å². The molecule has 0 unspecified atom stereocenters. The van der Waals surface area contributed by atoms with E-state index in [-0.39, 0.29) is 0 Å². The van der Waals surface area contributed by atoms with Gasteiger partial charge in [-0.25, -0.2) is 0 Å². The average molecular weight is 1080 g/mol. The van der Waals surface area contributed by atoms with E-state index in [4.69, 9.17) is 18.5 Å². The fourth-order valence-electron chi connectivity index (χ4n) is 7.67. The topological polar surface area (TPSA) is 78.1 Å². The Balaban J connectivity index is 0.831. The van der Waals surface area contributed by atoms with Crippen molar-refractivity contribution in [2.75, 3.05) is 39.5 Å². The molecule has 0 aliphatic carbocycles. The Morgan fingerprint density at radius 2 is 0.985 bits per heavy atom. The molecule has 0 aliphatic heterocycles. The molecule has 0 amide bonds. The zero-order chi connectivity index (χ0) is 46.5. The molecule has 7 nitrogen and oxygen atoms in total. The number of hydrogen-bond donors (Lipinski definition) is 2. The molecule has 2 N–H and O–H groups in total. The Kier molecular flexibility index (Phi) is 22.4. The molecule has 66 heavy (non-hydrogen) atoms. The third kappa shape index (κ3) is 17.7. The van der Waals surface area contributed by atoms with Crippen molar-refractivity contribution < 1.29 is 23.1 Å². The summed E-state index contributed by atoms with van der Waals surface area (Å²) in [6.45, 7) is 14.0. The van der Waals surface area contributed by atoms with Crippen LogP contribution in [-0.4, -0.2) is 39.5 Å². The van der Waals surface area contributed by atoms with Gasteiger partial charge in [0.25, 0.3) is 0 Å². The van der Waals surface area contributed by atoms with Crippen molar-refractivity contribution in [3.8, 4) is 32.4 Å². The van der Waals surface area contributed by atoms with Crippen molar-refractivity contribution in [1.29, 1.82) is 0 Å². The van der Waals surface area contributed by atoms with E-state index in [1.165, 1.54) is 52.1 Å². The van der Waals surface area contributed by atoms with Gasteiger partial charge in [0.05, 0.1) is 13.2 Å². The highest BCUT2D eigenvalue weighted by atomic mass is 79.9. The van der Waals surface area contributed by atoms with Gasteiger partial charge in [-0.3, -0.25) is 0 Å². The molecule has 0 fully saturated rings. The van der Waals surface area contributed by atoms with Gasteiger partial charge < -0.3 is 20.1 Å². The highest BCUT2D eigenvalue weighted by molar-refractivity contribution is 9.10. The average Bonchev–Trinajstić information content (AvgIpc) is 4.05. The first-order valence-corrected chi connectivity index (χ1v) is 27.8. The number of hydrogen-bond acceptors (Lipinski definition) is 9. The van der Waals surface area contributed by atoms with Crippen LogP contribution in [-0.2, 0) is 52.4 Å². The number of thiophene rings is 2. The molecule has 0 saturated carbocycles. The molecule has 0 atom stereocenters. The molecule has 6 aromatic rings. The molecule has 0 aliphatic rings. The van der Waals surface area contributed by atoms with E-state index < -0.39 is 8.25 Å². The second-order valence-electron chi connectivity index (χ2n) is 17.5. The van der Waals surface area contributed by atoms with Crippen LogP contribution in [0.1, 0.15) is 86.8 Å². The van der Waals surface area contributed by atoms with Gasteiger partial charge in [-0.05, 0) is 169 Å². The molecule has 6 rings (SSSR count). The third-order valence-electron chi connectivity index (χ3n) is 10.9. The summed E-state index contributed by atoms with van der Waals surface area (Å²) in [6.07, 6.45) is 7.44. The van der Waals surface area contributed by atoms with Crippen molar-refractivity contribution in [3.05, 3.63) is 150 Å². The number of rotatable bonds is 30. The predicted octanol–water partition coefficient (Wildman–Crippen LogP) is 15.4. The zero-order valence-electron chi connectivity index (χ0n) is 38.9. The molecule has 4 aromatic carbocycles. The van der Waals surface area contributed by atoms with Gasteiger partial charge in [0.1, 0.15) is 24.7 Å². The number of nitrogens with one attached hydrogen (secondary N) is 2. The van der Waals surface area contributed by atoms with Crippen molar-refractivity contribution >= 4 is 62.8 Å². The molecule has 0 radical (unpaired) electrons. The summed E-state index contributed by atoms with van der Waals surface area (Å²) < 4.78 is 38.5. The van der Waals surface area contributed by atoms with Crippen LogP contribution in [0.5, 0.6) is 11.5 Å². The minimum absolute atomic E-state index is 0.364. The first-order valence-electron chi connectivity index (χ1n) is 23.4. The quantitative estimate of drug-likeness (QED) is 0.0344. The third-order valence-corrected chi connectivity index (χ3v) is 15.0. The van der Waals surface area contributed by atoms with E-state index in [1.54, 1.807) is 22.7 Å². The molecular formula is C54H66Br2N2O5PS2+. The van der Waals surface area contributed by atoms with Crippen molar-refractivity contribution in [1.82, 2.24) is 10.6 Å². The summed E-state index contributed by atoms with van der Waals surface area (Å²) in [5, 5.41) is 11.2. The normalized spacial score (nSPS) is 11.5. The molecule has 0 saturated heterocycles. The Morgan fingerprint density at radius 1 is 0.545 bits per heavy atom. The smallest absolute Gasteiger partial charge is 0.493 e. The molecule has 0 bridgehead atoms. The van der Waals surface area contributed by atoms with Crippen LogP contribution in [0.3, 0.4) is 0 Å². The van der Waals surface area contributed by atoms with Crippen LogP contribution in [0.4, 0.5) is 0 Å². The van der Waals surface area contributed by atoms with Crippen molar-refractivity contribution in [3.63, 3.8) is 0 Å². The van der Waals surface area contributed by atoms with Crippen molar-refractivity contribution in [2.24, 2.45) is 11.8 Å². The molecule has 352 valence electrons. The highest BCUT2D eigenvalue weighted by Gasteiger charge is 2.19. The Morgan fingerprint density at radius 3 is 1.38 bits per heavy atom. The fraction of sp³-hybridized carbons (Fsp3) is 0.407. The molecule has 12 heteroatoms. The minimum Gasteiger partial charge on any atom is -0.493 e. The van der Waals surface area contributed by atoms with Crippen LogP contribution in [0.15, 0.2) is 117 Å². The van der Waals surface area contributed by atoms with E-state index >= 15 is 0 Å². The van der Waals surface area contributed by atoms with E-state index in [1.807, 2.05) is 0 Å². The predicted molar refractivity (Wildman–Crippen MR) is 285 cm³/mol. The molecule has 2 heterocycles. The van der Waals surface area contributed by atoms with Crippen LogP contribution in [0, 0.1) is 11.8 Å². The number of ether oxygens (including phenoxy) is 2. The lowest BCUT2D eigenvalue weighted by atomic mass is 10.0. The van der Waals surface area contributed by atoms with Gasteiger partial charge >= 0.3 is 8.25 Å². The summed E-state index contributed by atoms with van der Waals surface area (Å²) in [4.78, 5) is 2.39. The highest BCUT2D eigenvalue weighted by Crippen LogP contribution is 2.36. The van der Waals surface area contributed by atoms with Gasteiger partial charge in [-0.1, -0.05) is 108 Å². The van der Waals surface area contributed by atoms with E-state index in [9.17, 15) is 4.57 Å². The second-order valence-corrected chi connectivity index (χ2v) is 22.1. The van der Waals surface area contributed by atoms with Gasteiger partial charge in [0.15, 0.2) is 0 Å². The SMILES string of the molecule is CC(C)Cc1ccc(CCCOc2ccc(CNCCCO[P+](=O)OCCCNCc3ccc(OCCCc4ccc(CC(C)C)c(Br)c4)c(-c4cccs4)c3)cc2-c2cccs2)cc1Br. The summed E-state index contributed by atoms with van der Waals surface area (Å²) in [6, 6.07) is 34.9. The van der Waals surface area contributed by atoms with E-state index in [0.29, 0.717) is 38.3 Å². The number of halogens is 2. The first-order chi connectivity index (χ1) is 32.1. The first kappa shape index (κ1) is 52.2. The van der Waals surface area contributed by atoms with Crippen LogP contribution in [0.25, 0.3) is 20.9 Å². The van der Waals surface area contributed by atoms with Crippen LogP contribution >= 0.6 is 62.8 Å². The largest absolute Gasteiger partial charge is 0.697 e. The number of aryl methyl sites for hydroxylation is 2. The maximum Gasteiger partial charge on any atom is 0.697 e.